The van der Waals surface area contributed by atoms with Crippen LogP contribution in [-0.2, 0) is 27.6 Å². The molecule has 0 aliphatic heterocycles. The number of carbonyl (C=O) groups is 2. The van der Waals surface area contributed by atoms with Gasteiger partial charge in [0.05, 0.1) is 5.56 Å². The lowest BCUT2D eigenvalue weighted by Crippen LogP contribution is -2.47. The molecule has 2 aromatic rings. The minimum atomic E-state index is -4.52. The van der Waals surface area contributed by atoms with Crippen LogP contribution in [0.3, 0.4) is 0 Å². The van der Waals surface area contributed by atoms with E-state index in [4.69, 9.17) is 5.73 Å². The molecule has 162 valence electrons. The second-order valence-electron chi connectivity index (χ2n) is 8.14. The summed E-state index contributed by atoms with van der Waals surface area (Å²) in [4.78, 5) is 24.1. The van der Waals surface area contributed by atoms with Gasteiger partial charge >= 0.3 is 6.18 Å². The number of nitrogens with one attached hydrogen (secondary N) is 1. The first-order chi connectivity index (χ1) is 13.8. The minimum absolute atomic E-state index is 0.0294. The van der Waals surface area contributed by atoms with E-state index in [1.807, 2.05) is 24.3 Å². The third-order valence-electron chi connectivity index (χ3n) is 4.72. The number of hydrogen-bond acceptors (Lipinski definition) is 3. The number of hydrogen-bond donors (Lipinski definition) is 3. The van der Waals surface area contributed by atoms with Crippen molar-refractivity contribution < 1.29 is 27.9 Å². The number of amides is 2. The summed E-state index contributed by atoms with van der Waals surface area (Å²) in [6.07, 6.45) is -6.14. The van der Waals surface area contributed by atoms with Crippen molar-refractivity contribution in [3.63, 3.8) is 0 Å². The SMILES string of the molecule is CC(C)(C)c1ccc(C[C@@H](NC(=O)[C@H](O)c2ccc(C(F)(F)F)cc2)C(N)=O)cc1. The molecular weight excluding hydrogens is 397 g/mol. The first-order valence-corrected chi connectivity index (χ1v) is 9.33. The van der Waals surface area contributed by atoms with Gasteiger partial charge in [0, 0.05) is 6.42 Å². The van der Waals surface area contributed by atoms with E-state index < -0.39 is 35.7 Å². The van der Waals surface area contributed by atoms with Gasteiger partial charge in [-0.1, -0.05) is 57.2 Å². The summed E-state index contributed by atoms with van der Waals surface area (Å²) in [5.41, 5.74) is 6.27. The summed E-state index contributed by atoms with van der Waals surface area (Å²) in [6.45, 7) is 6.20. The number of alkyl halides is 3. The largest absolute Gasteiger partial charge is 0.416 e. The van der Waals surface area contributed by atoms with Gasteiger partial charge in [0.2, 0.25) is 5.91 Å². The third-order valence-corrected chi connectivity index (χ3v) is 4.72. The number of halogens is 3. The lowest BCUT2D eigenvalue weighted by atomic mass is 9.86. The zero-order valence-corrected chi connectivity index (χ0v) is 17.0. The van der Waals surface area contributed by atoms with Crippen molar-refractivity contribution in [2.45, 2.75) is 50.9 Å². The number of primary amides is 1. The summed E-state index contributed by atoms with van der Waals surface area (Å²) in [5.74, 6) is -1.72. The van der Waals surface area contributed by atoms with Gasteiger partial charge in [-0.25, -0.2) is 0 Å². The van der Waals surface area contributed by atoms with Crippen LogP contribution in [0.15, 0.2) is 48.5 Å². The Morgan fingerprint density at radius 3 is 1.90 bits per heavy atom. The zero-order valence-electron chi connectivity index (χ0n) is 17.0. The third kappa shape index (κ3) is 6.06. The fourth-order valence-corrected chi connectivity index (χ4v) is 2.86. The van der Waals surface area contributed by atoms with E-state index in [0.717, 1.165) is 35.4 Å². The summed E-state index contributed by atoms with van der Waals surface area (Å²) in [5, 5.41) is 12.5. The van der Waals surface area contributed by atoms with Crippen LogP contribution in [0.2, 0.25) is 0 Å². The van der Waals surface area contributed by atoms with Gasteiger partial charge in [0.25, 0.3) is 5.91 Å². The fraction of sp³-hybridized carbons (Fsp3) is 0.364. The van der Waals surface area contributed by atoms with Crippen LogP contribution in [0, 0.1) is 0 Å². The number of aliphatic hydroxyl groups is 1. The van der Waals surface area contributed by atoms with Gasteiger partial charge in [-0.05, 0) is 34.2 Å². The second kappa shape index (κ2) is 8.87. The van der Waals surface area contributed by atoms with E-state index in [1.165, 1.54) is 0 Å². The molecule has 0 heterocycles. The van der Waals surface area contributed by atoms with Gasteiger partial charge in [-0.3, -0.25) is 9.59 Å². The van der Waals surface area contributed by atoms with Crippen LogP contribution in [-0.4, -0.2) is 23.0 Å². The van der Waals surface area contributed by atoms with Crippen molar-refractivity contribution in [2.75, 3.05) is 0 Å². The maximum Gasteiger partial charge on any atom is 0.416 e. The molecule has 0 fully saturated rings. The average molecular weight is 422 g/mol. The summed E-state index contributed by atoms with van der Waals surface area (Å²) < 4.78 is 37.9. The first kappa shape index (κ1) is 23.4. The predicted molar refractivity (Wildman–Crippen MR) is 106 cm³/mol. The molecular formula is C22H25F3N2O3. The molecule has 2 atom stereocenters. The Kier molecular flexibility index (Phi) is 6.92. The lowest BCUT2D eigenvalue weighted by Gasteiger charge is -2.21. The molecule has 2 aromatic carbocycles. The van der Waals surface area contributed by atoms with Crippen molar-refractivity contribution in [1.29, 1.82) is 0 Å². The minimum Gasteiger partial charge on any atom is -0.378 e. The van der Waals surface area contributed by atoms with Crippen LogP contribution in [0.4, 0.5) is 13.2 Å². The van der Waals surface area contributed by atoms with Gasteiger partial charge in [0.15, 0.2) is 6.10 Å². The molecule has 0 saturated heterocycles. The Morgan fingerprint density at radius 2 is 1.47 bits per heavy atom. The Morgan fingerprint density at radius 1 is 0.967 bits per heavy atom. The number of nitrogens with two attached hydrogens (primary N) is 1. The smallest absolute Gasteiger partial charge is 0.378 e. The molecule has 4 N–H and O–H groups in total. The fourth-order valence-electron chi connectivity index (χ4n) is 2.86. The van der Waals surface area contributed by atoms with E-state index >= 15 is 0 Å². The monoisotopic (exact) mass is 422 g/mol. The summed E-state index contributed by atoms with van der Waals surface area (Å²) in [6, 6.07) is 9.99. The molecule has 0 aromatic heterocycles. The predicted octanol–water partition coefficient (Wildman–Crippen LogP) is 3.25. The van der Waals surface area contributed by atoms with Crippen LogP contribution in [0.1, 0.15) is 49.1 Å². The maximum atomic E-state index is 12.6. The molecule has 2 amide bonds. The molecule has 2 rings (SSSR count). The van der Waals surface area contributed by atoms with Crippen molar-refractivity contribution >= 4 is 11.8 Å². The van der Waals surface area contributed by atoms with Crippen LogP contribution < -0.4 is 11.1 Å². The Labute approximate surface area is 173 Å². The van der Waals surface area contributed by atoms with Crippen LogP contribution >= 0.6 is 0 Å². The normalized spacial score (nSPS) is 14.1. The van der Waals surface area contributed by atoms with E-state index in [2.05, 4.69) is 26.1 Å². The average Bonchev–Trinajstić information content (AvgIpc) is 2.65. The highest BCUT2D eigenvalue weighted by atomic mass is 19.4. The highest BCUT2D eigenvalue weighted by Gasteiger charge is 2.31. The zero-order chi connectivity index (χ0) is 22.7. The molecule has 0 saturated carbocycles. The standard InChI is InChI=1S/C22H25F3N2O3/c1-21(2,3)15-8-4-13(5-9-15)12-17(19(26)29)27-20(30)18(28)14-6-10-16(11-7-14)22(23,24)25/h4-11,17-18,28H,12H2,1-3H3,(H2,26,29)(H,27,30)/t17-,18-/m1/s1. The highest BCUT2D eigenvalue weighted by molar-refractivity contribution is 5.89. The Balaban J connectivity index is 2.08. The Hall–Kier alpha value is -2.87. The van der Waals surface area contributed by atoms with E-state index in [9.17, 15) is 27.9 Å². The van der Waals surface area contributed by atoms with E-state index in [1.54, 1.807) is 0 Å². The second-order valence-corrected chi connectivity index (χ2v) is 8.14. The van der Waals surface area contributed by atoms with Gasteiger partial charge < -0.3 is 16.2 Å². The molecule has 5 nitrogen and oxygen atoms in total. The highest BCUT2D eigenvalue weighted by Crippen LogP contribution is 2.30. The van der Waals surface area contributed by atoms with Crippen molar-refractivity contribution in [3.8, 4) is 0 Å². The molecule has 0 aliphatic carbocycles. The first-order valence-electron chi connectivity index (χ1n) is 9.33. The topological polar surface area (TPSA) is 92.4 Å². The van der Waals surface area contributed by atoms with E-state index in [-0.39, 0.29) is 17.4 Å². The van der Waals surface area contributed by atoms with Crippen molar-refractivity contribution in [3.05, 3.63) is 70.8 Å². The number of benzene rings is 2. The number of aliphatic hydroxyl groups excluding tert-OH is 1. The summed E-state index contributed by atoms with van der Waals surface area (Å²) in [7, 11) is 0. The van der Waals surface area contributed by atoms with Crippen molar-refractivity contribution in [1.82, 2.24) is 5.32 Å². The molecule has 30 heavy (non-hydrogen) atoms. The molecule has 8 heteroatoms. The molecule has 0 bridgehead atoms. The van der Waals surface area contributed by atoms with Gasteiger partial charge in [0.1, 0.15) is 6.04 Å². The van der Waals surface area contributed by atoms with Gasteiger partial charge in [-0.2, -0.15) is 13.2 Å². The number of rotatable bonds is 6. The summed E-state index contributed by atoms with van der Waals surface area (Å²) >= 11 is 0. The van der Waals surface area contributed by atoms with Crippen LogP contribution in [0.5, 0.6) is 0 Å². The number of carbonyl (C=O) groups excluding carboxylic acids is 2. The lowest BCUT2D eigenvalue weighted by molar-refractivity contribution is -0.137. The van der Waals surface area contributed by atoms with Crippen LogP contribution in [0.25, 0.3) is 0 Å². The Bertz CT molecular complexity index is 886. The maximum absolute atomic E-state index is 12.6. The quantitative estimate of drug-likeness (QED) is 0.667. The van der Waals surface area contributed by atoms with Gasteiger partial charge in [-0.15, -0.1) is 0 Å². The van der Waals surface area contributed by atoms with E-state index in [0.29, 0.717) is 0 Å². The van der Waals surface area contributed by atoms with Crippen molar-refractivity contribution in [2.24, 2.45) is 5.73 Å². The molecule has 0 aliphatic rings. The molecule has 0 spiro atoms. The molecule has 0 unspecified atom stereocenters. The molecule has 0 radical (unpaired) electrons.